The van der Waals surface area contributed by atoms with Crippen molar-refractivity contribution in [3.05, 3.63) is 89.0 Å². The van der Waals surface area contributed by atoms with Crippen molar-refractivity contribution < 1.29 is 18.3 Å². The van der Waals surface area contributed by atoms with Crippen LogP contribution in [0, 0.1) is 11.6 Å². The van der Waals surface area contributed by atoms with Crippen LogP contribution in [-0.2, 0) is 11.3 Å². The van der Waals surface area contributed by atoms with Gasteiger partial charge in [-0.15, -0.1) is 0 Å². The molecule has 200 valence electrons. The molecular formula is C26H19F2N9O3. The predicted molar refractivity (Wildman–Crippen MR) is 138 cm³/mol. The monoisotopic (exact) mass is 543 g/mol. The molecule has 7 rings (SSSR count). The van der Waals surface area contributed by atoms with Gasteiger partial charge in [0.1, 0.15) is 24.2 Å². The Morgan fingerprint density at radius 3 is 2.90 bits per heavy atom. The van der Waals surface area contributed by atoms with E-state index in [1.54, 1.807) is 18.3 Å². The van der Waals surface area contributed by atoms with Crippen molar-refractivity contribution in [1.29, 1.82) is 0 Å². The van der Waals surface area contributed by atoms with Crippen LogP contribution in [0.3, 0.4) is 0 Å². The first kappa shape index (κ1) is 23.7. The first-order chi connectivity index (χ1) is 19.5. The fourth-order valence-corrected chi connectivity index (χ4v) is 5.02. The Kier molecular flexibility index (Phi) is 5.40. The van der Waals surface area contributed by atoms with E-state index in [0.29, 0.717) is 23.0 Å². The van der Waals surface area contributed by atoms with E-state index in [0.717, 1.165) is 0 Å². The number of anilines is 1. The standard InChI is InChI=1S/C26H19F2N9O3/c27-14-4-5-17-19(10-14)36(13-32-17)25-31-11-20-23(34-25)37(18-6-9-40-22-15(18)2-1-3-16(22)28)26(39)35(20)12-21(38)33-24-29-7-8-30-24/h1-5,7-8,10-11,13,18H,6,9,12H2,(H2,29,30,33,38)/t18-/m1/s1. The van der Waals surface area contributed by atoms with Crippen molar-refractivity contribution in [3.63, 3.8) is 0 Å². The van der Waals surface area contributed by atoms with E-state index in [4.69, 9.17) is 4.74 Å². The second-order valence-corrected chi connectivity index (χ2v) is 9.16. The van der Waals surface area contributed by atoms with Crippen molar-refractivity contribution >= 4 is 34.1 Å². The lowest BCUT2D eigenvalue weighted by Gasteiger charge is -2.26. The number of hydrogen-bond acceptors (Lipinski definition) is 7. The van der Waals surface area contributed by atoms with Gasteiger partial charge in [0.25, 0.3) is 0 Å². The van der Waals surface area contributed by atoms with Gasteiger partial charge in [-0.05, 0) is 18.2 Å². The number of nitrogens with one attached hydrogen (secondary N) is 2. The molecule has 0 unspecified atom stereocenters. The molecule has 0 radical (unpaired) electrons. The molecule has 6 aromatic rings. The van der Waals surface area contributed by atoms with Crippen LogP contribution in [-0.4, -0.2) is 51.1 Å². The zero-order valence-corrected chi connectivity index (χ0v) is 20.6. The van der Waals surface area contributed by atoms with Crippen LogP contribution in [0.25, 0.3) is 28.1 Å². The quantitative estimate of drug-likeness (QED) is 0.341. The van der Waals surface area contributed by atoms with Crippen molar-refractivity contribution in [2.24, 2.45) is 0 Å². The molecule has 2 N–H and O–H groups in total. The minimum atomic E-state index is -0.636. The van der Waals surface area contributed by atoms with Crippen LogP contribution < -0.4 is 15.7 Å². The van der Waals surface area contributed by atoms with E-state index in [9.17, 15) is 18.4 Å². The van der Waals surface area contributed by atoms with E-state index < -0.39 is 29.3 Å². The van der Waals surface area contributed by atoms with Crippen LogP contribution in [0.15, 0.2) is 66.1 Å². The number of H-pyrrole nitrogens is 1. The summed E-state index contributed by atoms with van der Waals surface area (Å²) in [5, 5.41) is 2.60. The molecule has 0 spiro atoms. The average molecular weight is 543 g/mol. The fraction of sp³-hybridized carbons (Fsp3) is 0.154. The number of fused-ring (bicyclic) bond motifs is 3. The minimum absolute atomic E-state index is 0.0625. The molecular weight excluding hydrogens is 524 g/mol. The second kappa shape index (κ2) is 9.11. The number of carbonyl (C=O) groups is 1. The highest BCUT2D eigenvalue weighted by molar-refractivity contribution is 5.89. The molecule has 14 heteroatoms. The van der Waals surface area contributed by atoms with Gasteiger partial charge in [-0.2, -0.15) is 4.98 Å². The summed E-state index contributed by atoms with van der Waals surface area (Å²) < 4.78 is 38.4. The summed E-state index contributed by atoms with van der Waals surface area (Å²) in [6.45, 7) is -0.190. The smallest absolute Gasteiger partial charge is 0.331 e. The lowest BCUT2D eigenvalue weighted by molar-refractivity contribution is -0.116. The van der Waals surface area contributed by atoms with Gasteiger partial charge >= 0.3 is 5.69 Å². The fourth-order valence-electron chi connectivity index (χ4n) is 5.02. The Morgan fingerprint density at radius 2 is 2.05 bits per heavy atom. The van der Waals surface area contributed by atoms with Crippen molar-refractivity contribution in [1.82, 2.24) is 38.6 Å². The van der Waals surface area contributed by atoms with Gasteiger partial charge < -0.3 is 9.72 Å². The number of halogens is 2. The molecule has 0 saturated heterocycles. The average Bonchev–Trinajstić information content (AvgIpc) is 3.67. The van der Waals surface area contributed by atoms with E-state index in [1.807, 2.05) is 0 Å². The largest absolute Gasteiger partial charge is 0.490 e. The third kappa shape index (κ3) is 3.80. The van der Waals surface area contributed by atoms with E-state index in [2.05, 4.69) is 30.2 Å². The zero-order valence-electron chi connectivity index (χ0n) is 20.6. The maximum Gasteiger partial charge on any atom is 0.331 e. The van der Waals surface area contributed by atoms with Gasteiger partial charge in [0.15, 0.2) is 17.2 Å². The van der Waals surface area contributed by atoms with Gasteiger partial charge in [-0.1, -0.05) is 12.1 Å². The molecule has 0 fully saturated rings. The van der Waals surface area contributed by atoms with Crippen molar-refractivity contribution in [2.75, 3.05) is 11.9 Å². The lowest BCUT2D eigenvalue weighted by atomic mass is 10.00. The summed E-state index contributed by atoms with van der Waals surface area (Å²) in [4.78, 5) is 46.9. The minimum Gasteiger partial charge on any atom is -0.490 e. The molecule has 5 heterocycles. The summed E-state index contributed by atoms with van der Waals surface area (Å²) in [7, 11) is 0. The van der Waals surface area contributed by atoms with Gasteiger partial charge in [0.2, 0.25) is 17.8 Å². The molecule has 1 aliphatic rings. The summed E-state index contributed by atoms with van der Waals surface area (Å²) in [5.74, 6) is -1.07. The molecule has 1 atom stereocenters. The molecule has 1 aliphatic heterocycles. The van der Waals surface area contributed by atoms with Gasteiger partial charge in [-0.25, -0.2) is 28.5 Å². The van der Waals surface area contributed by atoms with Gasteiger partial charge in [-0.3, -0.25) is 23.8 Å². The topological polar surface area (TPSA) is 138 Å². The normalized spacial score (nSPS) is 14.8. The third-order valence-corrected chi connectivity index (χ3v) is 6.78. The van der Waals surface area contributed by atoms with Crippen molar-refractivity contribution in [2.45, 2.75) is 19.0 Å². The second-order valence-electron chi connectivity index (χ2n) is 9.16. The number of para-hydroxylation sites is 1. The first-order valence-corrected chi connectivity index (χ1v) is 12.3. The summed E-state index contributed by atoms with van der Waals surface area (Å²) >= 11 is 0. The van der Waals surface area contributed by atoms with Crippen LogP contribution in [0.5, 0.6) is 5.75 Å². The summed E-state index contributed by atoms with van der Waals surface area (Å²) in [6.07, 6.45) is 6.27. The maximum atomic E-state index is 14.6. The molecule has 4 aromatic heterocycles. The predicted octanol–water partition coefficient (Wildman–Crippen LogP) is 2.94. The zero-order chi connectivity index (χ0) is 27.4. The Hall–Kier alpha value is -5.40. The molecule has 0 saturated carbocycles. The summed E-state index contributed by atoms with van der Waals surface area (Å²) in [5.41, 5.74) is 1.39. The number of rotatable bonds is 5. The molecule has 40 heavy (non-hydrogen) atoms. The maximum absolute atomic E-state index is 14.6. The van der Waals surface area contributed by atoms with E-state index >= 15 is 0 Å². The Morgan fingerprint density at radius 1 is 1.15 bits per heavy atom. The van der Waals surface area contributed by atoms with E-state index in [-0.39, 0.29) is 42.0 Å². The number of aromatic amines is 1. The van der Waals surface area contributed by atoms with Gasteiger partial charge in [0, 0.05) is 30.4 Å². The number of aromatic nitrogens is 8. The SMILES string of the molecule is O=C(Cn1c(=O)n([C@@H]2CCOc3c(F)cccc32)c2nc(-n3cnc4ccc(F)cc43)ncc21)Nc1ncc[nH]1. The number of benzene rings is 2. The lowest BCUT2D eigenvalue weighted by Crippen LogP contribution is -2.33. The Balaban J connectivity index is 1.41. The number of imidazole rings is 3. The first-order valence-electron chi connectivity index (χ1n) is 12.3. The molecule has 0 bridgehead atoms. The van der Waals surface area contributed by atoms with Gasteiger partial charge in [0.05, 0.1) is 29.9 Å². The van der Waals surface area contributed by atoms with Crippen molar-refractivity contribution in [3.8, 4) is 11.7 Å². The molecule has 12 nitrogen and oxygen atoms in total. The highest BCUT2D eigenvalue weighted by atomic mass is 19.1. The number of ether oxygens (including phenoxy) is 1. The van der Waals surface area contributed by atoms with Crippen LogP contribution in [0.1, 0.15) is 18.0 Å². The Bertz CT molecular complexity index is 1980. The van der Waals surface area contributed by atoms with E-state index in [1.165, 1.54) is 56.7 Å². The number of nitrogens with zero attached hydrogens (tertiary/aromatic N) is 7. The van der Waals surface area contributed by atoms with Crippen LogP contribution in [0.4, 0.5) is 14.7 Å². The number of hydrogen-bond donors (Lipinski definition) is 2. The Labute approximate surface area is 222 Å². The highest BCUT2D eigenvalue weighted by Gasteiger charge is 2.31. The van der Waals surface area contributed by atoms with Crippen LogP contribution in [0.2, 0.25) is 0 Å². The number of carbonyl (C=O) groups excluding carboxylic acids is 1. The molecule has 2 aromatic carbocycles. The summed E-state index contributed by atoms with van der Waals surface area (Å²) in [6, 6.07) is 8.04. The molecule has 0 aliphatic carbocycles. The molecule has 1 amide bonds. The van der Waals surface area contributed by atoms with Crippen LogP contribution >= 0.6 is 0 Å². The highest BCUT2D eigenvalue weighted by Crippen LogP contribution is 2.37. The number of amides is 1. The third-order valence-electron chi connectivity index (χ3n) is 6.78.